The molecule has 1 amide bonds. The summed E-state index contributed by atoms with van der Waals surface area (Å²) in [4.78, 5) is 35.5. The van der Waals surface area contributed by atoms with Crippen LogP contribution in [0.3, 0.4) is 0 Å². The number of esters is 1. The SMILES string of the molecule is O=C(CCNC(=O)c1ccc(Cl)cc1)OCC(=O)c1ccc(OC(F)F)cc1. The molecule has 28 heavy (non-hydrogen) atoms. The quantitative estimate of drug-likeness (QED) is 0.504. The lowest BCUT2D eigenvalue weighted by Gasteiger charge is -2.07. The second-order valence-electron chi connectivity index (χ2n) is 5.50. The van der Waals surface area contributed by atoms with E-state index in [0.29, 0.717) is 10.6 Å². The highest BCUT2D eigenvalue weighted by molar-refractivity contribution is 6.30. The van der Waals surface area contributed by atoms with E-state index in [4.69, 9.17) is 16.3 Å². The first-order valence-corrected chi connectivity index (χ1v) is 8.50. The first-order valence-electron chi connectivity index (χ1n) is 8.12. The number of carbonyl (C=O) groups is 3. The van der Waals surface area contributed by atoms with Crippen molar-refractivity contribution in [1.29, 1.82) is 0 Å². The number of hydrogen-bond acceptors (Lipinski definition) is 5. The molecule has 2 aromatic carbocycles. The topological polar surface area (TPSA) is 81.7 Å². The second-order valence-corrected chi connectivity index (χ2v) is 5.94. The van der Waals surface area contributed by atoms with Gasteiger partial charge < -0.3 is 14.8 Å². The molecule has 0 spiro atoms. The number of ketones is 1. The molecule has 6 nitrogen and oxygen atoms in total. The summed E-state index contributed by atoms with van der Waals surface area (Å²) in [5, 5.41) is 3.05. The van der Waals surface area contributed by atoms with Crippen molar-refractivity contribution in [3.05, 3.63) is 64.7 Å². The lowest BCUT2D eigenvalue weighted by Crippen LogP contribution is -2.27. The van der Waals surface area contributed by atoms with Crippen molar-refractivity contribution in [2.75, 3.05) is 13.2 Å². The van der Waals surface area contributed by atoms with Crippen LogP contribution in [-0.4, -0.2) is 37.4 Å². The van der Waals surface area contributed by atoms with Crippen molar-refractivity contribution in [3.63, 3.8) is 0 Å². The number of Topliss-reactive ketones (excluding diaryl/α,β-unsaturated/α-hetero) is 1. The highest BCUT2D eigenvalue weighted by Gasteiger charge is 2.12. The molecule has 9 heteroatoms. The van der Waals surface area contributed by atoms with E-state index in [-0.39, 0.29) is 30.2 Å². The third-order valence-corrected chi connectivity index (χ3v) is 3.74. The van der Waals surface area contributed by atoms with Gasteiger partial charge in [0.2, 0.25) is 0 Å². The van der Waals surface area contributed by atoms with Crippen LogP contribution in [0.15, 0.2) is 48.5 Å². The molecule has 0 fully saturated rings. The third kappa shape index (κ3) is 6.96. The highest BCUT2D eigenvalue weighted by atomic mass is 35.5. The second kappa shape index (κ2) is 10.4. The Bertz CT molecular complexity index is 825. The number of halogens is 3. The predicted octanol–water partition coefficient (Wildman–Crippen LogP) is 3.49. The van der Waals surface area contributed by atoms with E-state index in [0.717, 1.165) is 0 Å². The number of amides is 1. The van der Waals surface area contributed by atoms with E-state index >= 15 is 0 Å². The Morgan fingerprint density at radius 1 is 0.964 bits per heavy atom. The first kappa shape index (κ1) is 21.3. The molecule has 2 rings (SSSR count). The number of nitrogens with one attached hydrogen (secondary N) is 1. The van der Waals surface area contributed by atoms with E-state index in [2.05, 4.69) is 10.1 Å². The normalized spacial score (nSPS) is 10.4. The largest absolute Gasteiger partial charge is 0.457 e. The van der Waals surface area contributed by atoms with Crippen LogP contribution in [0.4, 0.5) is 8.78 Å². The van der Waals surface area contributed by atoms with E-state index in [1.54, 1.807) is 24.3 Å². The maximum absolute atomic E-state index is 12.1. The van der Waals surface area contributed by atoms with Gasteiger partial charge in [0.15, 0.2) is 12.4 Å². The summed E-state index contributed by atoms with van der Waals surface area (Å²) in [6.07, 6.45) is -0.117. The molecule has 2 aromatic rings. The zero-order chi connectivity index (χ0) is 20.5. The summed E-state index contributed by atoms with van der Waals surface area (Å²) in [6.45, 7) is -3.42. The molecule has 0 atom stereocenters. The van der Waals surface area contributed by atoms with Crippen LogP contribution in [0, 0.1) is 0 Å². The number of ether oxygens (including phenoxy) is 2. The number of benzene rings is 2. The molecule has 0 aliphatic heterocycles. The first-order chi connectivity index (χ1) is 13.3. The maximum atomic E-state index is 12.1. The monoisotopic (exact) mass is 411 g/mol. The van der Waals surface area contributed by atoms with Gasteiger partial charge in [0, 0.05) is 22.7 Å². The molecule has 0 saturated carbocycles. The smallest absolute Gasteiger partial charge is 0.387 e. The van der Waals surface area contributed by atoms with Crippen LogP contribution in [0.5, 0.6) is 5.75 Å². The van der Waals surface area contributed by atoms with Gasteiger partial charge in [-0.1, -0.05) is 11.6 Å². The van der Waals surface area contributed by atoms with Crippen LogP contribution >= 0.6 is 11.6 Å². The fourth-order valence-electron chi connectivity index (χ4n) is 2.11. The standard InChI is InChI=1S/C19H16ClF2NO5/c20-14-5-1-13(2-6-14)18(26)23-10-9-17(25)27-11-16(24)12-3-7-15(8-4-12)28-19(21)22/h1-8,19H,9-11H2,(H,23,26). The van der Waals surface area contributed by atoms with Crippen molar-refractivity contribution in [1.82, 2.24) is 5.32 Å². The molecule has 0 bridgehead atoms. The van der Waals surface area contributed by atoms with Crippen molar-refractivity contribution in [2.24, 2.45) is 0 Å². The fraction of sp³-hybridized carbons (Fsp3) is 0.211. The predicted molar refractivity (Wildman–Crippen MR) is 96.8 cm³/mol. The van der Waals surface area contributed by atoms with E-state index in [1.165, 1.54) is 24.3 Å². The maximum Gasteiger partial charge on any atom is 0.387 e. The average molecular weight is 412 g/mol. The van der Waals surface area contributed by atoms with Crippen molar-refractivity contribution in [2.45, 2.75) is 13.0 Å². The summed E-state index contributed by atoms with van der Waals surface area (Å²) in [5.74, 6) is -1.61. The molecular formula is C19H16ClF2NO5. The molecule has 0 aromatic heterocycles. The van der Waals surface area contributed by atoms with Crippen molar-refractivity contribution >= 4 is 29.3 Å². The Hall–Kier alpha value is -3.00. The molecule has 0 aliphatic rings. The zero-order valence-corrected chi connectivity index (χ0v) is 15.2. The minimum absolute atomic E-state index is 0.0359. The van der Waals surface area contributed by atoms with Crippen molar-refractivity contribution in [3.8, 4) is 5.75 Å². The van der Waals surface area contributed by atoms with Gasteiger partial charge in [-0.15, -0.1) is 0 Å². The third-order valence-electron chi connectivity index (χ3n) is 3.49. The van der Waals surface area contributed by atoms with Crippen molar-refractivity contribution < 1.29 is 32.6 Å². The summed E-state index contributed by atoms with van der Waals surface area (Å²) in [5.41, 5.74) is 0.581. The van der Waals surface area contributed by atoms with Crippen LogP contribution in [0.1, 0.15) is 27.1 Å². The zero-order valence-electron chi connectivity index (χ0n) is 14.5. The Morgan fingerprint density at radius 3 is 2.18 bits per heavy atom. The fourth-order valence-corrected chi connectivity index (χ4v) is 2.23. The summed E-state index contributed by atoms with van der Waals surface area (Å²) in [7, 11) is 0. The van der Waals surface area contributed by atoms with Gasteiger partial charge in [-0.25, -0.2) is 0 Å². The molecule has 148 valence electrons. The van der Waals surface area contributed by atoms with Gasteiger partial charge in [0.25, 0.3) is 5.91 Å². The number of hydrogen-bond donors (Lipinski definition) is 1. The molecule has 0 heterocycles. The molecule has 0 unspecified atom stereocenters. The molecule has 0 aliphatic carbocycles. The van der Waals surface area contributed by atoms with E-state index < -0.39 is 25.0 Å². The van der Waals surface area contributed by atoms with Gasteiger partial charge >= 0.3 is 12.6 Å². The van der Waals surface area contributed by atoms with Gasteiger partial charge in [-0.2, -0.15) is 8.78 Å². The van der Waals surface area contributed by atoms with Gasteiger partial charge in [-0.05, 0) is 48.5 Å². The minimum atomic E-state index is -2.96. The lowest BCUT2D eigenvalue weighted by atomic mass is 10.1. The number of rotatable bonds is 9. The molecular weight excluding hydrogens is 396 g/mol. The molecule has 1 N–H and O–H groups in total. The lowest BCUT2D eigenvalue weighted by molar-refractivity contribution is -0.142. The van der Waals surface area contributed by atoms with Gasteiger partial charge in [-0.3, -0.25) is 14.4 Å². The van der Waals surface area contributed by atoms with Gasteiger partial charge in [0.1, 0.15) is 5.75 Å². The summed E-state index contributed by atoms with van der Waals surface area (Å²) >= 11 is 5.74. The van der Waals surface area contributed by atoms with Crippen LogP contribution < -0.4 is 10.1 Å². The number of alkyl halides is 2. The average Bonchev–Trinajstić information content (AvgIpc) is 2.66. The van der Waals surface area contributed by atoms with Crippen LogP contribution in [0.25, 0.3) is 0 Å². The minimum Gasteiger partial charge on any atom is -0.457 e. The Kier molecular flexibility index (Phi) is 7.88. The number of carbonyl (C=O) groups excluding carboxylic acids is 3. The van der Waals surface area contributed by atoms with E-state index in [9.17, 15) is 23.2 Å². The van der Waals surface area contributed by atoms with E-state index in [1.807, 2.05) is 0 Å². The van der Waals surface area contributed by atoms with Gasteiger partial charge in [0.05, 0.1) is 6.42 Å². The molecule has 0 saturated heterocycles. The highest BCUT2D eigenvalue weighted by Crippen LogP contribution is 2.15. The Labute approximate surface area is 164 Å². The summed E-state index contributed by atoms with van der Waals surface area (Å²) in [6, 6.07) is 11.3. The Balaban J connectivity index is 1.70. The Morgan fingerprint density at radius 2 is 1.57 bits per heavy atom. The molecule has 0 radical (unpaired) electrons. The van der Waals surface area contributed by atoms with Crippen LogP contribution in [0.2, 0.25) is 5.02 Å². The summed E-state index contributed by atoms with van der Waals surface area (Å²) < 4.78 is 33.2. The van der Waals surface area contributed by atoms with Crippen LogP contribution in [-0.2, 0) is 9.53 Å².